The van der Waals surface area contributed by atoms with Crippen LogP contribution in [0, 0.1) is 0 Å². The fourth-order valence-corrected chi connectivity index (χ4v) is 6.98. The van der Waals surface area contributed by atoms with Crippen molar-refractivity contribution in [3.8, 4) is 0 Å². The van der Waals surface area contributed by atoms with Crippen LogP contribution in [0.2, 0.25) is 0 Å². The van der Waals surface area contributed by atoms with E-state index in [1.807, 2.05) is 0 Å². The Labute approximate surface area is 186 Å². The summed E-state index contributed by atoms with van der Waals surface area (Å²) in [6, 6.07) is 5.98. The van der Waals surface area contributed by atoms with Crippen molar-refractivity contribution in [3.63, 3.8) is 0 Å². The van der Waals surface area contributed by atoms with E-state index >= 15 is 0 Å². The maximum atomic E-state index is 12.9. The molecule has 0 atom stereocenters. The first-order valence-electron chi connectivity index (χ1n) is 10.6. The van der Waals surface area contributed by atoms with Gasteiger partial charge in [-0.25, -0.2) is 13.2 Å². The molecule has 1 fully saturated rings. The van der Waals surface area contributed by atoms with Gasteiger partial charge in [-0.05, 0) is 61.9 Å². The average molecular weight is 463 g/mol. The number of ether oxygens (including phenoxy) is 1. The van der Waals surface area contributed by atoms with Gasteiger partial charge >= 0.3 is 5.97 Å². The number of aryl methyl sites for hydroxylation is 1. The van der Waals surface area contributed by atoms with E-state index in [9.17, 15) is 18.0 Å². The second-order valence-corrected chi connectivity index (χ2v) is 10.9. The summed E-state index contributed by atoms with van der Waals surface area (Å²) in [6.07, 6.45) is 6.51. The number of nitrogens with zero attached hydrogens (tertiary/aromatic N) is 1. The van der Waals surface area contributed by atoms with E-state index in [4.69, 9.17) is 4.74 Å². The first kappa shape index (κ1) is 22.0. The summed E-state index contributed by atoms with van der Waals surface area (Å²) in [4.78, 5) is 26.4. The van der Waals surface area contributed by atoms with E-state index in [1.165, 1.54) is 47.0 Å². The van der Waals surface area contributed by atoms with Crippen molar-refractivity contribution < 1.29 is 22.7 Å². The zero-order valence-electron chi connectivity index (χ0n) is 17.5. The fourth-order valence-electron chi connectivity index (χ4n) is 4.19. The van der Waals surface area contributed by atoms with Crippen LogP contribution in [0.3, 0.4) is 0 Å². The molecule has 2 aromatic rings. The smallest absolute Gasteiger partial charge is 0.341 e. The number of sulfonamides is 1. The van der Waals surface area contributed by atoms with E-state index in [1.54, 1.807) is 0 Å². The monoisotopic (exact) mass is 462 g/mol. The molecule has 7 nitrogen and oxygen atoms in total. The first-order chi connectivity index (χ1) is 14.9. The van der Waals surface area contributed by atoms with Crippen LogP contribution in [0.25, 0.3) is 0 Å². The van der Waals surface area contributed by atoms with Gasteiger partial charge in [0, 0.05) is 23.5 Å². The minimum atomic E-state index is -3.56. The summed E-state index contributed by atoms with van der Waals surface area (Å²) in [5.41, 5.74) is 1.74. The number of carbonyl (C=O) groups is 2. The summed E-state index contributed by atoms with van der Waals surface area (Å²) >= 11 is 1.41. The third kappa shape index (κ3) is 4.40. The van der Waals surface area contributed by atoms with Gasteiger partial charge in [0.05, 0.1) is 17.6 Å². The Bertz CT molecular complexity index is 1080. The van der Waals surface area contributed by atoms with E-state index < -0.39 is 16.0 Å². The molecule has 1 aromatic heterocycles. The van der Waals surface area contributed by atoms with Gasteiger partial charge in [0.15, 0.2) is 0 Å². The number of esters is 1. The van der Waals surface area contributed by atoms with Crippen LogP contribution in [-0.4, -0.2) is 44.8 Å². The van der Waals surface area contributed by atoms with Crippen LogP contribution >= 0.6 is 11.3 Å². The van der Waals surface area contributed by atoms with Crippen molar-refractivity contribution in [1.29, 1.82) is 0 Å². The number of benzene rings is 1. The number of amides is 1. The van der Waals surface area contributed by atoms with E-state index in [-0.39, 0.29) is 10.8 Å². The maximum Gasteiger partial charge on any atom is 0.341 e. The minimum absolute atomic E-state index is 0.191. The number of carbonyl (C=O) groups excluding carboxylic acids is 2. The van der Waals surface area contributed by atoms with Crippen LogP contribution in [0.15, 0.2) is 29.2 Å². The molecule has 1 saturated heterocycles. The highest BCUT2D eigenvalue weighted by atomic mass is 32.2. The van der Waals surface area contributed by atoms with Crippen molar-refractivity contribution in [2.24, 2.45) is 0 Å². The van der Waals surface area contributed by atoms with Gasteiger partial charge in [0.1, 0.15) is 5.00 Å². The molecule has 1 aliphatic carbocycles. The van der Waals surface area contributed by atoms with E-state index in [0.29, 0.717) is 29.2 Å². The normalized spacial score (nSPS) is 17.1. The predicted octanol–water partition coefficient (Wildman–Crippen LogP) is 3.84. The molecule has 9 heteroatoms. The van der Waals surface area contributed by atoms with E-state index in [2.05, 4.69) is 5.32 Å². The lowest BCUT2D eigenvalue weighted by atomic mass is 10.1. The number of nitrogens with one attached hydrogen (secondary N) is 1. The molecular formula is C22H26N2O5S2. The molecule has 1 N–H and O–H groups in total. The predicted molar refractivity (Wildman–Crippen MR) is 119 cm³/mol. The van der Waals surface area contributed by atoms with Crippen LogP contribution in [0.4, 0.5) is 5.00 Å². The Morgan fingerprint density at radius 2 is 1.68 bits per heavy atom. The Kier molecular flexibility index (Phi) is 6.45. The molecular weight excluding hydrogens is 436 g/mol. The second-order valence-electron chi connectivity index (χ2n) is 7.85. The fraction of sp³-hybridized carbons (Fsp3) is 0.455. The molecule has 1 aromatic carbocycles. The van der Waals surface area contributed by atoms with Crippen molar-refractivity contribution >= 4 is 38.2 Å². The molecule has 166 valence electrons. The summed E-state index contributed by atoms with van der Waals surface area (Å²) in [5.74, 6) is -0.836. The molecule has 0 unspecified atom stereocenters. The highest BCUT2D eigenvalue weighted by molar-refractivity contribution is 7.89. The lowest BCUT2D eigenvalue weighted by molar-refractivity contribution is 0.0601. The van der Waals surface area contributed by atoms with Crippen molar-refractivity contribution in [1.82, 2.24) is 4.31 Å². The number of anilines is 1. The largest absolute Gasteiger partial charge is 0.465 e. The highest BCUT2D eigenvalue weighted by Crippen LogP contribution is 2.39. The summed E-state index contributed by atoms with van der Waals surface area (Å²) in [7, 11) is -2.23. The summed E-state index contributed by atoms with van der Waals surface area (Å²) in [5, 5.41) is 3.31. The van der Waals surface area contributed by atoms with Crippen LogP contribution in [0.5, 0.6) is 0 Å². The van der Waals surface area contributed by atoms with Gasteiger partial charge in [-0.1, -0.05) is 12.8 Å². The highest BCUT2D eigenvalue weighted by Gasteiger charge is 2.29. The molecule has 2 heterocycles. The number of thiophene rings is 1. The third-order valence-electron chi connectivity index (χ3n) is 5.86. The van der Waals surface area contributed by atoms with Crippen LogP contribution < -0.4 is 5.32 Å². The molecule has 1 amide bonds. The molecule has 1 aliphatic heterocycles. The van der Waals surface area contributed by atoms with Gasteiger partial charge in [-0.3, -0.25) is 4.79 Å². The Morgan fingerprint density at radius 1 is 1.00 bits per heavy atom. The van der Waals surface area contributed by atoms with Crippen molar-refractivity contribution in [3.05, 3.63) is 45.8 Å². The molecule has 2 aliphatic rings. The molecule has 4 rings (SSSR count). The standard InChI is InChI=1S/C22H26N2O5S2/c1-29-22(26)19-17-7-6-8-18(17)30-21(19)23-20(25)15-9-11-16(12-10-15)31(27,28)24-13-4-2-3-5-14-24/h9-12H,2-8,13-14H2,1H3,(H,23,25). The zero-order valence-corrected chi connectivity index (χ0v) is 19.1. The lowest BCUT2D eigenvalue weighted by Crippen LogP contribution is -2.31. The number of methoxy groups -OCH3 is 1. The van der Waals surface area contributed by atoms with Gasteiger partial charge in [-0.15, -0.1) is 11.3 Å². The quantitative estimate of drug-likeness (QED) is 0.682. The Balaban J connectivity index is 1.53. The van der Waals surface area contributed by atoms with Gasteiger partial charge in [0.25, 0.3) is 5.91 Å². The molecule has 0 bridgehead atoms. The lowest BCUT2D eigenvalue weighted by Gasteiger charge is -2.20. The first-order valence-corrected chi connectivity index (χ1v) is 12.8. The van der Waals surface area contributed by atoms with Crippen LogP contribution in [-0.2, 0) is 27.6 Å². The topological polar surface area (TPSA) is 92.8 Å². The molecule has 31 heavy (non-hydrogen) atoms. The number of fused-ring (bicyclic) bond motifs is 1. The second kappa shape index (κ2) is 9.10. The summed E-state index contributed by atoms with van der Waals surface area (Å²) < 4.78 is 32.3. The number of hydrogen-bond acceptors (Lipinski definition) is 6. The SMILES string of the molecule is COC(=O)c1c(NC(=O)c2ccc(S(=O)(=O)N3CCCCCC3)cc2)sc2c1CCC2. The zero-order chi connectivity index (χ0) is 22.0. The Hall–Kier alpha value is -2.23. The van der Waals surface area contributed by atoms with E-state index in [0.717, 1.165) is 55.4 Å². The number of rotatable bonds is 5. The number of hydrogen-bond donors (Lipinski definition) is 1. The van der Waals surface area contributed by atoms with Crippen molar-refractivity contribution in [2.75, 3.05) is 25.5 Å². The van der Waals surface area contributed by atoms with Crippen molar-refractivity contribution in [2.45, 2.75) is 49.8 Å². The third-order valence-corrected chi connectivity index (χ3v) is 8.98. The Morgan fingerprint density at radius 3 is 2.32 bits per heavy atom. The minimum Gasteiger partial charge on any atom is -0.465 e. The van der Waals surface area contributed by atoms with Gasteiger partial charge in [-0.2, -0.15) is 4.31 Å². The maximum absolute atomic E-state index is 12.9. The van der Waals surface area contributed by atoms with Crippen LogP contribution in [0.1, 0.15) is 63.3 Å². The van der Waals surface area contributed by atoms with Gasteiger partial charge < -0.3 is 10.1 Å². The molecule has 0 radical (unpaired) electrons. The average Bonchev–Trinajstić information content (AvgIpc) is 3.22. The van der Waals surface area contributed by atoms with Gasteiger partial charge in [0.2, 0.25) is 10.0 Å². The molecule has 0 saturated carbocycles. The molecule has 0 spiro atoms. The summed E-state index contributed by atoms with van der Waals surface area (Å²) in [6.45, 7) is 1.06.